The van der Waals surface area contributed by atoms with Crippen molar-refractivity contribution in [2.75, 3.05) is 0 Å². The number of carbonyl (C=O) groups excluding carboxylic acids is 1. The largest absolute Gasteiger partial charge is 0.507 e. The van der Waals surface area contributed by atoms with Gasteiger partial charge in [0.2, 0.25) is 0 Å². The van der Waals surface area contributed by atoms with Crippen LogP contribution >= 0.6 is 0 Å². The Morgan fingerprint density at radius 1 is 1.38 bits per heavy atom. The maximum absolute atomic E-state index is 12.2. The molecule has 1 heterocycles. The van der Waals surface area contributed by atoms with E-state index in [0.29, 0.717) is 5.76 Å². The lowest BCUT2D eigenvalue weighted by Crippen LogP contribution is -2.26. The van der Waals surface area contributed by atoms with Crippen molar-refractivity contribution in [1.29, 1.82) is 0 Å². The summed E-state index contributed by atoms with van der Waals surface area (Å²) in [5.41, 5.74) is -0.430. The van der Waals surface area contributed by atoms with Crippen molar-refractivity contribution in [3.8, 4) is 0 Å². The van der Waals surface area contributed by atoms with Gasteiger partial charge >= 0.3 is 6.18 Å². The van der Waals surface area contributed by atoms with Crippen LogP contribution < -0.4 is 0 Å². The highest BCUT2D eigenvalue weighted by molar-refractivity contribution is 6.05. The number of furan rings is 1. The molecule has 1 aromatic rings. The van der Waals surface area contributed by atoms with Crippen molar-refractivity contribution in [3.05, 3.63) is 29.2 Å². The molecule has 0 bridgehead atoms. The summed E-state index contributed by atoms with van der Waals surface area (Å²) >= 11 is 0. The third-order valence-corrected chi connectivity index (χ3v) is 2.42. The van der Waals surface area contributed by atoms with E-state index in [1.54, 1.807) is 0 Å². The zero-order valence-electron chi connectivity index (χ0n) is 7.97. The number of ketones is 1. The van der Waals surface area contributed by atoms with Crippen LogP contribution in [-0.2, 0) is 11.2 Å². The van der Waals surface area contributed by atoms with Crippen LogP contribution in [-0.4, -0.2) is 17.1 Å². The number of hydrogen-bond acceptors (Lipinski definition) is 3. The molecule has 0 amide bonds. The van der Waals surface area contributed by atoms with E-state index in [9.17, 15) is 23.1 Å². The summed E-state index contributed by atoms with van der Waals surface area (Å²) in [6.07, 6.45) is -3.67. The third kappa shape index (κ3) is 1.60. The Kier molecular flexibility index (Phi) is 2.29. The molecule has 1 aromatic heterocycles. The molecule has 0 fully saturated rings. The zero-order valence-corrected chi connectivity index (χ0v) is 7.97. The number of carbonyl (C=O) groups is 1. The molecule has 86 valence electrons. The van der Waals surface area contributed by atoms with Crippen LogP contribution in [0, 0.1) is 0 Å². The van der Waals surface area contributed by atoms with E-state index in [1.165, 1.54) is 12.3 Å². The number of aliphatic hydroxyl groups excluding tert-OH is 1. The number of rotatable bonds is 1. The molecule has 3 nitrogen and oxygen atoms in total. The van der Waals surface area contributed by atoms with Gasteiger partial charge < -0.3 is 9.52 Å². The second-order valence-electron chi connectivity index (χ2n) is 3.41. The van der Waals surface area contributed by atoms with Crippen LogP contribution in [0.4, 0.5) is 13.2 Å². The minimum Gasteiger partial charge on any atom is -0.507 e. The van der Waals surface area contributed by atoms with Crippen molar-refractivity contribution < 1.29 is 27.5 Å². The SMILES string of the molecule is O=C(C1=C(O)c2ccoc2CC1)C(F)(F)F. The molecular weight excluding hydrogens is 225 g/mol. The number of aliphatic hydroxyl groups is 1. The van der Waals surface area contributed by atoms with E-state index in [2.05, 4.69) is 0 Å². The quantitative estimate of drug-likeness (QED) is 0.809. The first-order chi connectivity index (χ1) is 7.41. The average Bonchev–Trinajstić information content (AvgIpc) is 2.64. The molecule has 1 aliphatic rings. The summed E-state index contributed by atoms with van der Waals surface area (Å²) in [6, 6.07) is 1.34. The smallest absolute Gasteiger partial charge is 0.454 e. The van der Waals surface area contributed by atoms with Gasteiger partial charge in [0, 0.05) is 12.0 Å². The maximum atomic E-state index is 12.2. The topological polar surface area (TPSA) is 50.4 Å². The second kappa shape index (κ2) is 3.40. The van der Waals surface area contributed by atoms with Gasteiger partial charge in [0.15, 0.2) is 0 Å². The van der Waals surface area contributed by atoms with Gasteiger partial charge in [0.1, 0.15) is 11.5 Å². The standard InChI is InChI=1S/C10H7F3O3/c11-10(12,13)9(15)6-1-2-7-5(8(6)14)3-4-16-7/h3-4,14H,1-2H2. The highest BCUT2D eigenvalue weighted by atomic mass is 19.4. The molecule has 0 atom stereocenters. The lowest BCUT2D eigenvalue weighted by Gasteiger charge is -2.15. The molecule has 2 rings (SSSR count). The number of aryl methyl sites for hydroxylation is 1. The first-order valence-corrected chi connectivity index (χ1v) is 4.51. The van der Waals surface area contributed by atoms with Crippen LogP contribution in [0.1, 0.15) is 17.7 Å². The van der Waals surface area contributed by atoms with E-state index in [1.807, 2.05) is 0 Å². The molecular formula is C10H7F3O3. The number of fused-ring (bicyclic) bond motifs is 1. The molecule has 16 heavy (non-hydrogen) atoms. The van der Waals surface area contributed by atoms with Crippen LogP contribution in [0.15, 0.2) is 22.3 Å². The van der Waals surface area contributed by atoms with Crippen LogP contribution in [0.25, 0.3) is 5.76 Å². The highest BCUT2D eigenvalue weighted by Gasteiger charge is 2.43. The number of alkyl halides is 3. The fraction of sp³-hybridized carbons (Fsp3) is 0.300. The fourth-order valence-electron chi connectivity index (χ4n) is 1.66. The summed E-state index contributed by atoms with van der Waals surface area (Å²) in [6.45, 7) is 0. The zero-order chi connectivity index (χ0) is 11.9. The van der Waals surface area contributed by atoms with Gasteiger partial charge in [0.05, 0.1) is 11.8 Å². The summed E-state index contributed by atoms with van der Waals surface area (Å²) < 4.78 is 41.5. The van der Waals surface area contributed by atoms with Crippen LogP contribution in [0.2, 0.25) is 0 Å². The Morgan fingerprint density at radius 2 is 2.06 bits per heavy atom. The maximum Gasteiger partial charge on any atom is 0.454 e. The molecule has 6 heteroatoms. The normalized spacial score (nSPS) is 16.2. The van der Waals surface area contributed by atoms with Crippen LogP contribution in [0.5, 0.6) is 0 Å². The lowest BCUT2D eigenvalue weighted by molar-refractivity contribution is -0.166. The molecule has 0 spiro atoms. The highest BCUT2D eigenvalue weighted by Crippen LogP contribution is 2.34. The van der Waals surface area contributed by atoms with Crippen LogP contribution in [0.3, 0.4) is 0 Å². The van der Waals surface area contributed by atoms with Crippen molar-refractivity contribution in [2.45, 2.75) is 19.0 Å². The number of halogens is 3. The molecule has 0 aliphatic heterocycles. The van der Waals surface area contributed by atoms with E-state index < -0.39 is 23.3 Å². The first-order valence-electron chi connectivity index (χ1n) is 4.51. The molecule has 0 saturated carbocycles. The Labute approximate surface area is 88.2 Å². The van der Waals surface area contributed by atoms with Crippen molar-refractivity contribution in [3.63, 3.8) is 0 Å². The second-order valence-corrected chi connectivity index (χ2v) is 3.41. The summed E-state index contributed by atoms with van der Waals surface area (Å²) in [4.78, 5) is 11.0. The van der Waals surface area contributed by atoms with Crippen molar-refractivity contribution >= 4 is 11.5 Å². The van der Waals surface area contributed by atoms with Gasteiger partial charge in [-0.15, -0.1) is 0 Å². The van der Waals surface area contributed by atoms with Gasteiger partial charge in [0.25, 0.3) is 5.78 Å². The summed E-state index contributed by atoms with van der Waals surface area (Å²) in [7, 11) is 0. The Balaban J connectivity index is 2.45. The van der Waals surface area contributed by atoms with Crippen molar-refractivity contribution in [1.82, 2.24) is 0 Å². The summed E-state index contributed by atoms with van der Waals surface area (Å²) in [5.74, 6) is -2.22. The molecule has 0 unspecified atom stereocenters. The molecule has 1 N–H and O–H groups in total. The molecule has 0 aromatic carbocycles. The molecule has 0 radical (unpaired) electrons. The molecule has 1 aliphatic carbocycles. The Morgan fingerprint density at radius 3 is 2.69 bits per heavy atom. The lowest BCUT2D eigenvalue weighted by atomic mass is 9.93. The Bertz CT molecular complexity index is 468. The van der Waals surface area contributed by atoms with E-state index in [-0.39, 0.29) is 18.4 Å². The van der Waals surface area contributed by atoms with E-state index >= 15 is 0 Å². The number of allylic oxidation sites excluding steroid dienone is 1. The first kappa shape index (κ1) is 10.8. The predicted molar refractivity (Wildman–Crippen MR) is 47.6 cm³/mol. The van der Waals surface area contributed by atoms with Gasteiger partial charge in [-0.1, -0.05) is 0 Å². The Hall–Kier alpha value is -1.72. The van der Waals surface area contributed by atoms with Gasteiger partial charge in [-0.25, -0.2) is 0 Å². The van der Waals surface area contributed by atoms with Crippen molar-refractivity contribution in [2.24, 2.45) is 0 Å². The van der Waals surface area contributed by atoms with Gasteiger partial charge in [-0.2, -0.15) is 13.2 Å². The van der Waals surface area contributed by atoms with Gasteiger partial charge in [-0.05, 0) is 12.5 Å². The minimum absolute atomic E-state index is 0.162. The third-order valence-electron chi connectivity index (χ3n) is 2.42. The van der Waals surface area contributed by atoms with Gasteiger partial charge in [-0.3, -0.25) is 4.79 Å². The summed E-state index contributed by atoms with van der Waals surface area (Å²) in [5, 5.41) is 9.54. The average molecular weight is 232 g/mol. The predicted octanol–water partition coefficient (Wildman–Crippen LogP) is 2.63. The minimum atomic E-state index is -4.95. The number of hydrogen-bond donors (Lipinski definition) is 1. The number of Topliss-reactive ketones (excluding diaryl/α,β-unsaturated/α-hetero) is 1. The van der Waals surface area contributed by atoms with E-state index in [0.717, 1.165) is 0 Å². The molecule has 0 saturated heterocycles. The fourth-order valence-corrected chi connectivity index (χ4v) is 1.66. The van der Waals surface area contributed by atoms with E-state index in [4.69, 9.17) is 4.42 Å². The monoisotopic (exact) mass is 232 g/mol.